The number of hydrogen-bond donors (Lipinski definition) is 0. The van der Waals surface area contributed by atoms with E-state index in [1.54, 1.807) is 0 Å². The predicted molar refractivity (Wildman–Crippen MR) is 121 cm³/mol. The van der Waals surface area contributed by atoms with E-state index in [-0.39, 0.29) is 0 Å². The molecule has 0 spiro atoms. The van der Waals surface area contributed by atoms with Gasteiger partial charge in [-0.15, -0.1) is 0 Å². The molecule has 0 radical (unpaired) electrons. The van der Waals surface area contributed by atoms with E-state index in [4.69, 9.17) is 0 Å². The number of benzene rings is 3. The summed E-state index contributed by atoms with van der Waals surface area (Å²) in [6.45, 7) is 16.3. The SMILES string of the molecule is CC.CC.CC.Cc1ccc(-c2ccc(-c3ccccc3)cc2)cc1C. The maximum atomic E-state index is 2.26. The molecule has 140 valence electrons. The van der Waals surface area contributed by atoms with E-state index in [0.717, 1.165) is 0 Å². The number of hydrogen-bond acceptors (Lipinski definition) is 0. The number of aryl methyl sites for hydroxylation is 2. The largest absolute Gasteiger partial charge is 0.0683 e. The van der Waals surface area contributed by atoms with Crippen LogP contribution in [0.15, 0.2) is 72.8 Å². The number of rotatable bonds is 2. The molecule has 0 atom stereocenters. The third kappa shape index (κ3) is 6.88. The molecule has 0 bridgehead atoms. The highest BCUT2D eigenvalue weighted by Gasteiger charge is 2.01. The molecule has 0 heterocycles. The van der Waals surface area contributed by atoms with Crippen molar-refractivity contribution in [2.45, 2.75) is 55.4 Å². The average molecular weight is 349 g/mol. The molecule has 0 aliphatic carbocycles. The maximum Gasteiger partial charge on any atom is -0.0181 e. The van der Waals surface area contributed by atoms with Crippen molar-refractivity contribution in [2.24, 2.45) is 0 Å². The second-order valence-corrected chi connectivity index (χ2v) is 5.24. The normalized spacial score (nSPS) is 8.77. The average Bonchev–Trinajstić information content (AvgIpc) is 2.75. The topological polar surface area (TPSA) is 0 Å². The van der Waals surface area contributed by atoms with Crippen LogP contribution in [0.2, 0.25) is 0 Å². The summed E-state index contributed by atoms with van der Waals surface area (Å²) >= 11 is 0. The Labute approximate surface area is 161 Å². The first-order chi connectivity index (χ1) is 12.7. The minimum Gasteiger partial charge on any atom is -0.0683 e. The van der Waals surface area contributed by atoms with Crippen molar-refractivity contribution in [3.05, 3.63) is 83.9 Å². The van der Waals surface area contributed by atoms with Gasteiger partial charge in [0.25, 0.3) is 0 Å². The Hall–Kier alpha value is -2.34. The van der Waals surface area contributed by atoms with Gasteiger partial charge in [-0.25, -0.2) is 0 Å². The Kier molecular flexibility index (Phi) is 12.6. The van der Waals surface area contributed by atoms with Crippen LogP contribution in [-0.2, 0) is 0 Å². The van der Waals surface area contributed by atoms with Gasteiger partial charge in [0, 0.05) is 0 Å². The van der Waals surface area contributed by atoms with Gasteiger partial charge >= 0.3 is 0 Å². The quantitative estimate of drug-likeness (QED) is 0.434. The zero-order chi connectivity index (χ0) is 19.9. The zero-order valence-corrected chi connectivity index (χ0v) is 17.9. The minimum absolute atomic E-state index is 1.26. The Bertz CT molecular complexity index is 707. The van der Waals surface area contributed by atoms with Gasteiger partial charge in [-0.1, -0.05) is 114 Å². The fourth-order valence-corrected chi connectivity index (χ4v) is 2.41. The van der Waals surface area contributed by atoms with Gasteiger partial charge in [0.1, 0.15) is 0 Å². The lowest BCUT2D eigenvalue weighted by Crippen LogP contribution is -1.84. The van der Waals surface area contributed by atoms with Crippen LogP contribution < -0.4 is 0 Å². The molecule has 0 fully saturated rings. The molecule has 0 aromatic heterocycles. The summed E-state index contributed by atoms with van der Waals surface area (Å²) in [4.78, 5) is 0. The minimum atomic E-state index is 1.26. The highest BCUT2D eigenvalue weighted by molar-refractivity contribution is 5.70. The predicted octanol–water partition coefficient (Wildman–Crippen LogP) is 8.72. The van der Waals surface area contributed by atoms with E-state index in [1.807, 2.05) is 47.6 Å². The second-order valence-electron chi connectivity index (χ2n) is 5.24. The van der Waals surface area contributed by atoms with Gasteiger partial charge in [-0.2, -0.15) is 0 Å². The van der Waals surface area contributed by atoms with Crippen molar-refractivity contribution < 1.29 is 0 Å². The van der Waals surface area contributed by atoms with Crippen LogP contribution in [0.3, 0.4) is 0 Å². The highest BCUT2D eigenvalue weighted by Crippen LogP contribution is 2.26. The lowest BCUT2D eigenvalue weighted by atomic mass is 9.98. The molecule has 26 heavy (non-hydrogen) atoms. The first kappa shape index (κ1) is 23.7. The van der Waals surface area contributed by atoms with Crippen LogP contribution >= 0.6 is 0 Å². The summed E-state index contributed by atoms with van der Waals surface area (Å²) in [5.74, 6) is 0. The van der Waals surface area contributed by atoms with E-state index in [0.29, 0.717) is 0 Å². The van der Waals surface area contributed by atoms with Crippen molar-refractivity contribution in [1.29, 1.82) is 0 Å². The lowest BCUT2D eigenvalue weighted by molar-refractivity contribution is 1.34. The summed E-state index contributed by atoms with van der Waals surface area (Å²) in [5.41, 5.74) is 7.77. The molecule has 0 amide bonds. The molecule has 0 aliphatic heterocycles. The van der Waals surface area contributed by atoms with Crippen LogP contribution in [0.4, 0.5) is 0 Å². The van der Waals surface area contributed by atoms with Crippen molar-refractivity contribution >= 4 is 0 Å². The van der Waals surface area contributed by atoms with Gasteiger partial charge in [0.2, 0.25) is 0 Å². The van der Waals surface area contributed by atoms with Gasteiger partial charge in [-0.3, -0.25) is 0 Å². The van der Waals surface area contributed by atoms with E-state index in [1.165, 1.54) is 33.4 Å². The van der Waals surface area contributed by atoms with E-state index in [2.05, 4.69) is 80.6 Å². The van der Waals surface area contributed by atoms with Crippen LogP contribution in [-0.4, -0.2) is 0 Å². The maximum absolute atomic E-state index is 2.26. The van der Waals surface area contributed by atoms with Gasteiger partial charge in [-0.05, 0) is 47.2 Å². The molecule has 3 rings (SSSR count). The van der Waals surface area contributed by atoms with Gasteiger partial charge in [0.15, 0.2) is 0 Å². The molecule has 3 aromatic carbocycles. The summed E-state index contributed by atoms with van der Waals surface area (Å²) in [6, 6.07) is 25.9. The Morgan fingerprint density at radius 3 is 1.23 bits per heavy atom. The van der Waals surface area contributed by atoms with Crippen molar-refractivity contribution in [3.63, 3.8) is 0 Å². The van der Waals surface area contributed by atoms with Crippen molar-refractivity contribution in [2.75, 3.05) is 0 Å². The molecular formula is C26H36. The van der Waals surface area contributed by atoms with Crippen LogP contribution in [0.25, 0.3) is 22.3 Å². The summed E-state index contributed by atoms with van der Waals surface area (Å²) < 4.78 is 0. The summed E-state index contributed by atoms with van der Waals surface area (Å²) in [7, 11) is 0. The standard InChI is InChI=1S/C20H18.3C2H6/c1-15-8-9-20(14-16(15)2)19-12-10-18(11-13-19)17-6-4-3-5-7-17;3*1-2/h3-14H,1-2H3;3*1-2H3. The molecule has 0 unspecified atom stereocenters. The smallest absolute Gasteiger partial charge is 0.0181 e. The third-order valence-electron chi connectivity index (χ3n) is 3.83. The molecule has 3 aromatic rings. The molecule has 0 nitrogen and oxygen atoms in total. The van der Waals surface area contributed by atoms with Crippen molar-refractivity contribution in [3.8, 4) is 22.3 Å². The van der Waals surface area contributed by atoms with Crippen LogP contribution in [0, 0.1) is 13.8 Å². The summed E-state index contributed by atoms with van der Waals surface area (Å²) in [5, 5.41) is 0. The lowest BCUT2D eigenvalue weighted by Gasteiger charge is -2.07. The molecule has 0 N–H and O–H groups in total. The van der Waals surface area contributed by atoms with Crippen LogP contribution in [0.1, 0.15) is 52.7 Å². The first-order valence-electron chi connectivity index (χ1n) is 9.97. The van der Waals surface area contributed by atoms with Gasteiger partial charge in [0.05, 0.1) is 0 Å². The fraction of sp³-hybridized carbons (Fsp3) is 0.308. The zero-order valence-electron chi connectivity index (χ0n) is 17.9. The first-order valence-corrected chi connectivity index (χ1v) is 9.97. The fourth-order valence-electron chi connectivity index (χ4n) is 2.41. The highest BCUT2D eigenvalue weighted by atomic mass is 14.1. The molecule has 0 saturated heterocycles. The third-order valence-corrected chi connectivity index (χ3v) is 3.83. The monoisotopic (exact) mass is 348 g/mol. The summed E-state index contributed by atoms with van der Waals surface area (Å²) in [6.07, 6.45) is 0. The molecule has 0 aliphatic rings. The Morgan fingerprint density at radius 1 is 0.385 bits per heavy atom. The Balaban J connectivity index is 0.000000948. The Morgan fingerprint density at radius 2 is 0.769 bits per heavy atom. The van der Waals surface area contributed by atoms with Gasteiger partial charge < -0.3 is 0 Å². The van der Waals surface area contributed by atoms with E-state index >= 15 is 0 Å². The molecule has 0 saturated carbocycles. The molecular weight excluding hydrogens is 312 g/mol. The van der Waals surface area contributed by atoms with Crippen molar-refractivity contribution in [1.82, 2.24) is 0 Å². The molecule has 0 heteroatoms. The van der Waals surface area contributed by atoms with E-state index in [9.17, 15) is 0 Å². The van der Waals surface area contributed by atoms with Crippen LogP contribution in [0.5, 0.6) is 0 Å². The van der Waals surface area contributed by atoms with E-state index < -0.39 is 0 Å². The second kappa shape index (κ2) is 13.9.